The highest BCUT2D eigenvalue weighted by molar-refractivity contribution is 6.79. The van der Waals surface area contributed by atoms with Crippen molar-refractivity contribution in [3.63, 3.8) is 0 Å². The lowest BCUT2D eigenvalue weighted by Crippen LogP contribution is -2.34. The molecule has 0 aromatic carbocycles. The van der Waals surface area contributed by atoms with Gasteiger partial charge in [0.1, 0.15) is 0 Å². The molecule has 0 saturated heterocycles. The number of ether oxygens (including phenoxy) is 1. The van der Waals surface area contributed by atoms with Gasteiger partial charge in [-0.15, -0.1) is 0 Å². The molecule has 0 amide bonds. The van der Waals surface area contributed by atoms with Gasteiger partial charge in [0.05, 0.1) is 14.7 Å². The third-order valence-electron chi connectivity index (χ3n) is 10.2. The molecule has 0 aromatic rings. The second kappa shape index (κ2) is 33.8. The summed E-state index contributed by atoms with van der Waals surface area (Å²) in [5, 5.41) is 8.72. The SMILES string of the molecule is CCCCCCCC[Si](CCCCCCCC)(CCCCCCCC)CCCCCCCCCCCCOC(=O)/C(C)=C\C(=O)O. The second-order valence-corrected chi connectivity index (χ2v) is 19.6. The molecule has 0 aliphatic heterocycles. The molecular formula is C41H80O4Si. The number of carbonyl (C=O) groups is 2. The van der Waals surface area contributed by atoms with Crippen LogP contribution in [-0.4, -0.2) is 31.7 Å². The number of aliphatic carboxylic acids is 1. The van der Waals surface area contributed by atoms with Crippen LogP contribution in [-0.2, 0) is 14.3 Å². The number of esters is 1. The van der Waals surface area contributed by atoms with E-state index in [0.717, 1.165) is 18.9 Å². The standard InChI is InChI=1S/C41H80O4Si/c1-5-8-11-14-24-29-34-46(35-30-25-15-12-9-6-2,36-31-26-16-13-10-7-3)37-32-27-22-20-18-17-19-21-23-28-33-45-41(44)39(4)38-40(42)43/h38H,5-37H2,1-4H3,(H,42,43)/b39-38-. The maximum atomic E-state index is 11.7. The van der Waals surface area contributed by atoms with Gasteiger partial charge in [0.15, 0.2) is 0 Å². The van der Waals surface area contributed by atoms with E-state index in [1.807, 2.05) is 0 Å². The van der Waals surface area contributed by atoms with Crippen LogP contribution in [0, 0.1) is 0 Å². The number of unbranched alkanes of at least 4 members (excludes halogenated alkanes) is 24. The molecule has 5 heteroatoms. The average Bonchev–Trinajstić information content (AvgIpc) is 3.03. The van der Waals surface area contributed by atoms with Crippen molar-refractivity contribution >= 4 is 20.0 Å². The van der Waals surface area contributed by atoms with Crippen molar-refractivity contribution in [3.8, 4) is 0 Å². The topological polar surface area (TPSA) is 63.6 Å². The van der Waals surface area contributed by atoms with E-state index in [4.69, 9.17) is 9.84 Å². The van der Waals surface area contributed by atoms with Gasteiger partial charge in [-0.3, -0.25) is 0 Å². The molecule has 0 radical (unpaired) electrons. The van der Waals surface area contributed by atoms with Crippen molar-refractivity contribution in [2.45, 2.75) is 232 Å². The highest BCUT2D eigenvalue weighted by Gasteiger charge is 2.30. The van der Waals surface area contributed by atoms with E-state index < -0.39 is 20.0 Å². The molecular weight excluding hydrogens is 585 g/mol. The summed E-state index contributed by atoms with van der Waals surface area (Å²) in [7, 11) is -1.18. The first-order valence-corrected chi connectivity index (χ1v) is 23.3. The Labute approximate surface area is 288 Å². The number of carbonyl (C=O) groups excluding carboxylic acids is 1. The van der Waals surface area contributed by atoms with Gasteiger partial charge in [-0.2, -0.15) is 0 Å². The summed E-state index contributed by atoms with van der Waals surface area (Å²) in [5.74, 6) is -1.63. The fourth-order valence-corrected chi connectivity index (χ4v) is 12.6. The van der Waals surface area contributed by atoms with Gasteiger partial charge in [0, 0.05) is 11.6 Å². The molecule has 0 aliphatic carbocycles. The summed E-state index contributed by atoms with van der Waals surface area (Å²) in [6.07, 6.45) is 39.7. The van der Waals surface area contributed by atoms with Gasteiger partial charge in [0.2, 0.25) is 0 Å². The molecule has 0 bridgehead atoms. The van der Waals surface area contributed by atoms with Gasteiger partial charge < -0.3 is 9.84 Å². The molecule has 0 spiro atoms. The molecule has 4 nitrogen and oxygen atoms in total. The van der Waals surface area contributed by atoms with E-state index >= 15 is 0 Å². The van der Waals surface area contributed by atoms with Crippen molar-refractivity contribution in [2.75, 3.05) is 6.61 Å². The molecule has 0 aromatic heterocycles. The van der Waals surface area contributed by atoms with Crippen molar-refractivity contribution in [1.82, 2.24) is 0 Å². The molecule has 0 heterocycles. The Hall–Kier alpha value is -1.10. The van der Waals surface area contributed by atoms with Crippen LogP contribution < -0.4 is 0 Å². The third kappa shape index (κ3) is 29.1. The van der Waals surface area contributed by atoms with E-state index in [9.17, 15) is 9.59 Å². The smallest absolute Gasteiger partial charge is 0.333 e. The third-order valence-corrected chi connectivity index (χ3v) is 15.8. The highest BCUT2D eigenvalue weighted by Crippen LogP contribution is 2.35. The lowest BCUT2D eigenvalue weighted by molar-refractivity contribution is -0.140. The minimum atomic E-state index is -1.18. The van der Waals surface area contributed by atoms with E-state index in [-0.39, 0.29) is 5.57 Å². The van der Waals surface area contributed by atoms with Crippen molar-refractivity contribution < 1.29 is 19.4 Å². The largest absolute Gasteiger partial charge is 0.478 e. The van der Waals surface area contributed by atoms with Gasteiger partial charge in [-0.1, -0.05) is 218 Å². The molecule has 0 fully saturated rings. The van der Waals surface area contributed by atoms with Crippen LogP contribution in [0.2, 0.25) is 24.2 Å². The van der Waals surface area contributed by atoms with Crippen LogP contribution >= 0.6 is 0 Å². The van der Waals surface area contributed by atoms with Gasteiger partial charge in [-0.25, -0.2) is 9.59 Å². The maximum Gasteiger partial charge on any atom is 0.333 e. The summed E-state index contributed by atoms with van der Waals surface area (Å²) in [5.41, 5.74) is 0.147. The zero-order valence-corrected chi connectivity index (χ0v) is 32.6. The van der Waals surface area contributed by atoms with Crippen LogP contribution in [0.25, 0.3) is 0 Å². The van der Waals surface area contributed by atoms with Crippen LogP contribution in [0.4, 0.5) is 0 Å². The minimum Gasteiger partial charge on any atom is -0.478 e. The summed E-state index contributed by atoms with van der Waals surface area (Å²) in [6, 6.07) is 6.49. The van der Waals surface area contributed by atoms with Gasteiger partial charge in [0.25, 0.3) is 0 Å². The Bertz CT molecular complexity index is 678. The van der Waals surface area contributed by atoms with Crippen LogP contribution in [0.1, 0.15) is 207 Å². The Morgan fingerprint density at radius 2 is 0.761 bits per heavy atom. The van der Waals surface area contributed by atoms with Gasteiger partial charge in [-0.05, 0) is 13.3 Å². The Morgan fingerprint density at radius 3 is 1.07 bits per heavy atom. The lowest BCUT2D eigenvalue weighted by Gasteiger charge is -2.33. The summed E-state index contributed by atoms with van der Waals surface area (Å²) >= 11 is 0. The van der Waals surface area contributed by atoms with E-state index in [0.29, 0.717) is 6.61 Å². The summed E-state index contributed by atoms with van der Waals surface area (Å²) in [6.45, 7) is 8.86. The van der Waals surface area contributed by atoms with Crippen molar-refractivity contribution in [1.29, 1.82) is 0 Å². The highest BCUT2D eigenvalue weighted by atomic mass is 28.3. The molecule has 0 atom stereocenters. The van der Waals surface area contributed by atoms with Crippen molar-refractivity contribution in [3.05, 3.63) is 11.6 Å². The molecule has 272 valence electrons. The zero-order valence-electron chi connectivity index (χ0n) is 31.6. The Balaban J connectivity index is 4.50. The number of rotatable bonds is 36. The normalized spacial score (nSPS) is 12.1. The van der Waals surface area contributed by atoms with Gasteiger partial charge >= 0.3 is 11.9 Å². The van der Waals surface area contributed by atoms with Crippen LogP contribution in [0.5, 0.6) is 0 Å². The van der Waals surface area contributed by atoms with Crippen LogP contribution in [0.15, 0.2) is 11.6 Å². The van der Waals surface area contributed by atoms with E-state index in [2.05, 4.69) is 20.8 Å². The fourth-order valence-electron chi connectivity index (χ4n) is 7.13. The fraction of sp³-hybridized carbons (Fsp3) is 0.902. The summed E-state index contributed by atoms with van der Waals surface area (Å²) in [4.78, 5) is 22.4. The number of carboxylic acids is 1. The first-order valence-electron chi connectivity index (χ1n) is 20.5. The van der Waals surface area contributed by atoms with Crippen LogP contribution in [0.3, 0.4) is 0 Å². The number of hydrogen-bond donors (Lipinski definition) is 1. The van der Waals surface area contributed by atoms with E-state index in [1.165, 1.54) is 174 Å². The first kappa shape index (κ1) is 44.9. The Kier molecular flexibility index (Phi) is 33.0. The molecule has 46 heavy (non-hydrogen) atoms. The number of hydrogen-bond acceptors (Lipinski definition) is 3. The lowest BCUT2D eigenvalue weighted by atomic mass is 10.1. The maximum absolute atomic E-state index is 11.7. The predicted octanol–water partition coefficient (Wildman–Crippen LogP) is 14.0. The average molecular weight is 665 g/mol. The summed E-state index contributed by atoms with van der Waals surface area (Å²) < 4.78 is 5.17. The quantitative estimate of drug-likeness (QED) is 0.0313. The predicted molar refractivity (Wildman–Crippen MR) is 204 cm³/mol. The molecule has 0 saturated carbocycles. The molecule has 0 rings (SSSR count). The molecule has 1 N–H and O–H groups in total. The Morgan fingerprint density at radius 1 is 0.478 bits per heavy atom. The molecule has 0 unspecified atom stereocenters. The minimum absolute atomic E-state index is 0.147. The first-order chi connectivity index (χ1) is 22.4. The zero-order chi connectivity index (χ0) is 34.0. The monoisotopic (exact) mass is 665 g/mol. The molecule has 0 aliphatic rings. The van der Waals surface area contributed by atoms with E-state index in [1.54, 1.807) is 24.2 Å². The number of carboxylic acid groups (broad SMARTS) is 1. The second-order valence-electron chi connectivity index (χ2n) is 14.6. The van der Waals surface area contributed by atoms with Crippen molar-refractivity contribution in [2.24, 2.45) is 0 Å².